The van der Waals surface area contributed by atoms with Crippen molar-refractivity contribution in [2.45, 2.75) is 45.8 Å². The maximum absolute atomic E-state index is 11.5. The van der Waals surface area contributed by atoms with E-state index >= 15 is 0 Å². The zero-order valence-electron chi connectivity index (χ0n) is 16.1. The van der Waals surface area contributed by atoms with Crippen LogP contribution in [0.5, 0.6) is 0 Å². The van der Waals surface area contributed by atoms with Crippen LogP contribution in [0.3, 0.4) is 0 Å². The van der Waals surface area contributed by atoms with Gasteiger partial charge in [-0.2, -0.15) is 0 Å². The van der Waals surface area contributed by atoms with Gasteiger partial charge in [-0.05, 0) is 51.4 Å². The number of pyridine rings is 1. The molecule has 1 amide bonds. The average Bonchev–Trinajstić information content (AvgIpc) is 2.78. The largest absolute Gasteiger partial charge is 0.492 e. The molecule has 0 aromatic carbocycles. The number of rotatable bonds is 5. The van der Waals surface area contributed by atoms with Crippen LogP contribution in [-0.2, 0) is 18.8 Å². The third-order valence-corrected chi connectivity index (χ3v) is 4.64. The highest BCUT2D eigenvalue weighted by atomic mass is 16.7. The van der Waals surface area contributed by atoms with Crippen molar-refractivity contribution in [3.63, 3.8) is 0 Å². The number of carbonyl (C=O) groups is 2. The molecule has 1 fully saturated rings. The molecule has 1 aromatic heterocycles. The highest BCUT2D eigenvalue weighted by molar-refractivity contribution is 6.56. The number of aromatic nitrogens is 1. The Morgan fingerprint density at radius 1 is 1.23 bits per heavy atom. The van der Waals surface area contributed by atoms with Gasteiger partial charge in [-0.1, -0.05) is 0 Å². The van der Waals surface area contributed by atoms with Gasteiger partial charge in [0.15, 0.2) is 0 Å². The van der Waals surface area contributed by atoms with Gasteiger partial charge in [0.25, 0.3) is 0 Å². The van der Waals surface area contributed by atoms with Crippen LogP contribution in [0.25, 0.3) is 6.08 Å². The van der Waals surface area contributed by atoms with Crippen molar-refractivity contribution in [1.29, 1.82) is 0 Å². The van der Waals surface area contributed by atoms with Crippen molar-refractivity contribution in [1.82, 2.24) is 10.3 Å². The number of nitrogens with zero attached hydrogens (tertiary/aromatic N) is 1. The van der Waals surface area contributed by atoms with Crippen molar-refractivity contribution in [3.8, 4) is 0 Å². The van der Waals surface area contributed by atoms with E-state index < -0.39 is 24.3 Å². The van der Waals surface area contributed by atoms with Crippen molar-refractivity contribution in [2.75, 3.05) is 13.7 Å². The molecule has 1 N–H and O–H groups in total. The topological polar surface area (TPSA) is 86.8 Å². The number of hydrogen-bond donors (Lipinski definition) is 1. The molecule has 1 aromatic rings. The van der Waals surface area contributed by atoms with E-state index in [0.29, 0.717) is 11.3 Å². The maximum atomic E-state index is 11.5. The van der Waals surface area contributed by atoms with Gasteiger partial charge in [0.1, 0.15) is 0 Å². The Labute approximate surface area is 154 Å². The summed E-state index contributed by atoms with van der Waals surface area (Å²) in [5.41, 5.74) is 0.734. The van der Waals surface area contributed by atoms with Gasteiger partial charge in [-0.3, -0.25) is 9.78 Å². The fourth-order valence-corrected chi connectivity index (χ4v) is 2.34. The molecule has 2 rings (SSSR count). The van der Waals surface area contributed by atoms with E-state index in [1.807, 2.05) is 27.7 Å². The Morgan fingerprint density at radius 2 is 1.85 bits per heavy atom. The Kier molecular flexibility index (Phi) is 5.88. The van der Waals surface area contributed by atoms with Crippen LogP contribution in [0, 0.1) is 0 Å². The molecule has 8 heteroatoms. The van der Waals surface area contributed by atoms with Gasteiger partial charge in [0.2, 0.25) is 5.91 Å². The van der Waals surface area contributed by atoms with E-state index in [-0.39, 0.29) is 12.5 Å². The zero-order valence-corrected chi connectivity index (χ0v) is 16.1. The van der Waals surface area contributed by atoms with E-state index in [1.54, 1.807) is 18.2 Å². The fourth-order valence-electron chi connectivity index (χ4n) is 2.34. The van der Waals surface area contributed by atoms with E-state index in [1.165, 1.54) is 20.2 Å². The van der Waals surface area contributed by atoms with Crippen molar-refractivity contribution < 1.29 is 23.6 Å². The predicted molar refractivity (Wildman–Crippen MR) is 98.3 cm³/mol. The standard InChI is InChI=1S/C18H25BN2O5/c1-12(22)20-11-14(19-25-17(2,3)18(4,5)26-19)9-15-8-7-13(10-21-15)16(23)24-6/h7-10H,11H2,1-6H3,(H,20,22). The first-order valence-electron chi connectivity index (χ1n) is 8.40. The second-order valence-corrected chi connectivity index (χ2v) is 7.18. The molecular formula is C18H25BN2O5. The Morgan fingerprint density at radius 3 is 2.31 bits per heavy atom. The quantitative estimate of drug-likeness (QED) is 0.639. The summed E-state index contributed by atoms with van der Waals surface area (Å²) in [5.74, 6) is -0.598. The summed E-state index contributed by atoms with van der Waals surface area (Å²) in [6.45, 7) is 9.58. The van der Waals surface area contributed by atoms with Crippen molar-refractivity contribution in [3.05, 3.63) is 35.1 Å². The molecule has 0 saturated carbocycles. The van der Waals surface area contributed by atoms with E-state index in [9.17, 15) is 9.59 Å². The minimum absolute atomic E-state index is 0.151. The lowest BCUT2D eigenvalue weighted by molar-refractivity contribution is -0.118. The molecule has 1 aliphatic rings. The summed E-state index contributed by atoms with van der Waals surface area (Å²) in [5, 5.41) is 2.77. The molecule has 1 aliphatic heterocycles. The molecule has 0 radical (unpaired) electrons. The van der Waals surface area contributed by atoms with Gasteiger partial charge in [-0.15, -0.1) is 0 Å². The van der Waals surface area contributed by atoms with Gasteiger partial charge in [0.05, 0.1) is 29.6 Å². The number of methoxy groups -OCH3 is 1. The monoisotopic (exact) mass is 360 g/mol. The molecule has 26 heavy (non-hydrogen) atoms. The van der Waals surface area contributed by atoms with Crippen LogP contribution in [0.2, 0.25) is 0 Å². The van der Waals surface area contributed by atoms with E-state index in [4.69, 9.17) is 9.31 Å². The molecule has 0 aliphatic carbocycles. The van der Waals surface area contributed by atoms with Gasteiger partial charge in [0, 0.05) is 19.7 Å². The van der Waals surface area contributed by atoms with Gasteiger partial charge < -0.3 is 19.4 Å². The van der Waals surface area contributed by atoms with Gasteiger partial charge in [-0.25, -0.2) is 4.79 Å². The highest BCUT2D eigenvalue weighted by Crippen LogP contribution is 2.38. The fraction of sp³-hybridized carbons (Fsp3) is 0.500. The zero-order chi connectivity index (χ0) is 19.5. The molecule has 0 spiro atoms. The lowest BCUT2D eigenvalue weighted by Crippen LogP contribution is -2.41. The van der Waals surface area contributed by atoms with E-state index in [2.05, 4.69) is 15.0 Å². The number of hydrogen-bond acceptors (Lipinski definition) is 6. The van der Waals surface area contributed by atoms with Crippen LogP contribution < -0.4 is 5.32 Å². The number of carbonyl (C=O) groups excluding carboxylic acids is 2. The van der Waals surface area contributed by atoms with Crippen LogP contribution >= 0.6 is 0 Å². The minimum Gasteiger partial charge on any atom is -0.465 e. The molecule has 0 unspecified atom stereocenters. The minimum atomic E-state index is -0.603. The molecule has 140 valence electrons. The van der Waals surface area contributed by atoms with Crippen molar-refractivity contribution in [2.24, 2.45) is 0 Å². The average molecular weight is 360 g/mol. The van der Waals surface area contributed by atoms with Crippen LogP contribution in [-0.4, -0.2) is 48.8 Å². The van der Waals surface area contributed by atoms with Crippen LogP contribution in [0.15, 0.2) is 23.8 Å². The lowest BCUT2D eigenvalue weighted by atomic mass is 9.77. The number of amides is 1. The molecule has 7 nitrogen and oxygen atoms in total. The first-order chi connectivity index (χ1) is 12.1. The summed E-state index contributed by atoms with van der Waals surface area (Å²) in [6, 6.07) is 3.33. The predicted octanol–water partition coefficient (Wildman–Crippen LogP) is 2.02. The maximum Gasteiger partial charge on any atom is 0.492 e. The normalized spacial score (nSPS) is 18.5. The third-order valence-electron chi connectivity index (χ3n) is 4.64. The number of esters is 1. The third kappa shape index (κ3) is 4.50. The smallest absolute Gasteiger partial charge is 0.465 e. The second kappa shape index (κ2) is 7.59. The van der Waals surface area contributed by atoms with Gasteiger partial charge >= 0.3 is 13.1 Å². The van der Waals surface area contributed by atoms with Crippen molar-refractivity contribution >= 4 is 25.1 Å². The molecule has 0 atom stereocenters. The summed E-state index contributed by atoms with van der Waals surface area (Å²) in [7, 11) is 0.717. The van der Waals surface area contributed by atoms with Crippen LogP contribution in [0.1, 0.15) is 50.7 Å². The summed E-state index contributed by atoms with van der Waals surface area (Å²) >= 11 is 0. The number of nitrogens with one attached hydrogen (secondary N) is 1. The number of ether oxygens (including phenoxy) is 1. The Bertz CT molecular complexity index is 697. The van der Waals surface area contributed by atoms with Crippen LogP contribution in [0.4, 0.5) is 0 Å². The molecular weight excluding hydrogens is 335 g/mol. The SMILES string of the molecule is COC(=O)c1ccc(C=C(CNC(C)=O)B2OC(C)(C)C(C)(C)O2)nc1. The molecule has 1 saturated heterocycles. The Hall–Kier alpha value is -2.19. The summed E-state index contributed by atoms with van der Waals surface area (Å²) in [4.78, 5) is 27.1. The molecule has 0 bridgehead atoms. The first kappa shape index (κ1) is 20.1. The Balaban J connectivity index is 2.28. The molecule has 2 heterocycles. The lowest BCUT2D eigenvalue weighted by Gasteiger charge is -2.32. The first-order valence-corrected chi connectivity index (χ1v) is 8.40. The summed E-state index contributed by atoms with van der Waals surface area (Å²) < 4.78 is 16.8. The summed E-state index contributed by atoms with van der Waals surface area (Å²) in [6.07, 6.45) is 3.23. The second-order valence-electron chi connectivity index (χ2n) is 7.18. The van der Waals surface area contributed by atoms with E-state index in [0.717, 1.165) is 5.47 Å². The highest BCUT2D eigenvalue weighted by Gasteiger charge is 2.52.